The van der Waals surface area contributed by atoms with Crippen LogP contribution >= 0.6 is 11.6 Å². The minimum absolute atomic E-state index is 0.105. The van der Waals surface area contributed by atoms with Crippen LogP contribution in [-0.4, -0.2) is 36.6 Å². The topological polar surface area (TPSA) is 74.8 Å². The van der Waals surface area contributed by atoms with Crippen molar-refractivity contribution in [2.75, 3.05) is 4.90 Å². The third-order valence-electron chi connectivity index (χ3n) is 5.14. The molecule has 1 saturated heterocycles. The van der Waals surface area contributed by atoms with Crippen LogP contribution in [0.3, 0.4) is 0 Å². The number of carbonyl (C=O) groups is 2. The van der Waals surface area contributed by atoms with Gasteiger partial charge in [0.25, 0.3) is 5.91 Å². The van der Waals surface area contributed by atoms with Crippen molar-refractivity contribution in [1.82, 2.24) is 4.31 Å². The monoisotopic (exact) mass is 434 g/mol. The lowest BCUT2D eigenvalue weighted by Crippen LogP contribution is -2.49. The smallest absolute Gasteiger partial charge is 0.252 e. The van der Waals surface area contributed by atoms with E-state index in [1.54, 1.807) is 43.3 Å². The van der Waals surface area contributed by atoms with E-state index in [0.29, 0.717) is 17.1 Å². The summed E-state index contributed by atoms with van der Waals surface area (Å²) in [7, 11) is -3.97. The van der Waals surface area contributed by atoms with E-state index in [1.807, 2.05) is 13.8 Å². The fourth-order valence-corrected chi connectivity index (χ4v) is 5.37. The Bertz CT molecular complexity index is 1020. The standard InChI is InChI=1S/C21H23ClN2O4S/c1-4-15(3)24(29(27,28)18-11-5-14(2)6-12-18)19-13-20(25)23(21(19)26)17-9-7-16(22)8-10-17/h5-12,15,19H,4,13H2,1-3H3. The molecule has 2 atom stereocenters. The lowest BCUT2D eigenvalue weighted by atomic mass is 10.2. The molecule has 154 valence electrons. The average Bonchev–Trinajstić information content (AvgIpc) is 2.96. The first-order valence-corrected chi connectivity index (χ1v) is 11.2. The van der Waals surface area contributed by atoms with Crippen LogP contribution in [0.15, 0.2) is 53.4 Å². The van der Waals surface area contributed by atoms with E-state index in [4.69, 9.17) is 11.6 Å². The number of rotatable bonds is 6. The SMILES string of the molecule is CCC(C)N(C1CC(=O)N(c2ccc(Cl)cc2)C1=O)S(=O)(=O)c1ccc(C)cc1. The number of nitrogens with zero attached hydrogens (tertiary/aromatic N) is 2. The Morgan fingerprint density at radius 1 is 1.10 bits per heavy atom. The second-order valence-corrected chi connectivity index (χ2v) is 9.45. The van der Waals surface area contributed by atoms with Crippen LogP contribution in [0.1, 0.15) is 32.3 Å². The number of benzene rings is 2. The van der Waals surface area contributed by atoms with Crippen molar-refractivity contribution in [3.63, 3.8) is 0 Å². The highest BCUT2D eigenvalue weighted by Crippen LogP contribution is 2.32. The molecule has 2 aromatic carbocycles. The molecule has 6 nitrogen and oxygen atoms in total. The van der Waals surface area contributed by atoms with Crippen molar-refractivity contribution >= 4 is 39.1 Å². The van der Waals surface area contributed by atoms with Gasteiger partial charge in [-0.25, -0.2) is 13.3 Å². The van der Waals surface area contributed by atoms with Crippen LogP contribution in [0.4, 0.5) is 5.69 Å². The molecule has 0 bridgehead atoms. The van der Waals surface area contributed by atoms with Gasteiger partial charge in [0.15, 0.2) is 0 Å². The van der Waals surface area contributed by atoms with Gasteiger partial charge >= 0.3 is 0 Å². The van der Waals surface area contributed by atoms with Crippen LogP contribution in [-0.2, 0) is 19.6 Å². The fraction of sp³-hybridized carbons (Fsp3) is 0.333. The summed E-state index contributed by atoms with van der Waals surface area (Å²) >= 11 is 5.89. The molecule has 1 aliphatic rings. The minimum atomic E-state index is -3.97. The lowest BCUT2D eigenvalue weighted by Gasteiger charge is -2.31. The van der Waals surface area contributed by atoms with E-state index < -0.39 is 33.9 Å². The zero-order chi connectivity index (χ0) is 21.3. The van der Waals surface area contributed by atoms with Gasteiger partial charge in [-0.2, -0.15) is 4.31 Å². The molecule has 8 heteroatoms. The van der Waals surface area contributed by atoms with Gasteiger partial charge in [0.2, 0.25) is 15.9 Å². The first-order chi connectivity index (χ1) is 13.7. The molecule has 0 N–H and O–H groups in total. The van der Waals surface area contributed by atoms with Crippen LogP contribution in [0.2, 0.25) is 5.02 Å². The van der Waals surface area contributed by atoms with Crippen LogP contribution in [0.25, 0.3) is 0 Å². The number of hydrogen-bond donors (Lipinski definition) is 0. The number of carbonyl (C=O) groups excluding carboxylic acids is 2. The molecular formula is C21H23ClN2O4S. The van der Waals surface area contributed by atoms with Gasteiger partial charge in [-0.05, 0) is 56.7 Å². The number of anilines is 1. The second kappa shape index (κ2) is 8.26. The quantitative estimate of drug-likeness (QED) is 0.648. The Morgan fingerprint density at radius 3 is 2.24 bits per heavy atom. The average molecular weight is 435 g/mol. The summed E-state index contributed by atoms with van der Waals surface area (Å²) in [6, 6.07) is 11.3. The Labute approximate surface area is 176 Å². The summed E-state index contributed by atoms with van der Waals surface area (Å²) in [6.45, 7) is 5.46. The molecule has 0 spiro atoms. The molecule has 0 saturated carbocycles. The Kier molecular flexibility index (Phi) is 6.12. The Balaban J connectivity index is 2.01. The normalized spacial score (nSPS) is 18.5. The molecule has 1 fully saturated rings. The maximum atomic E-state index is 13.4. The lowest BCUT2D eigenvalue weighted by molar-refractivity contribution is -0.122. The molecule has 0 aromatic heterocycles. The maximum Gasteiger partial charge on any atom is 0.252 e. The number of hydrogen-bond acceptors (Lipinski definition) is 4. The summed E-state index contributed by atoms with van der Waals surface area (Å²) in [5, 5.41) is 0.479. The van der Waals surface area contributed by atoms with Gasteiger partial charge in [-0.3, -0.25) is 9.59 Å². The van der Waals surface area contributed by atoms with Gasteiger partial charge in [-0.1, -0.05) is 36.2 Å². The molecule has 1 aliphatic heterocycles. The molecule has 0 aliphatic carbocycles. The second-order valence-electron chi connectivity index (χ2n) is 7.17. The molecule has 2 aromatic rings. The van der Waals surface area contributed by atoms with Gasteiger partial charge in [-0.15, -0.1) is 0 Å². The number of halogens is 1. The van der Waals surface area contributed by atoms with Gasteiger partial charge in [0, 0.05) is 11.1 Å². The van der Waals surface area contributed by atoms with Crippen LogP contribution in [0, 0.1) is 6.92 Å². The molecule has 2 amide bonds. The highest BCUT2D eigenvalue weighted by atomic mass is 35.5. The van der Waals surface area contributed by atoms with Gasteiger partial charge < -0.3 is 0 Å². The van der Waals surface area contributed by atoms with Crippen LogP contribution in [0.5, 0.6) is 0 Å². The Morgan fingerprint density at radius 2 is 1.69 bits per heavy atom. The number of sulfonamides is 1. The van der Waals surface area contributed by atoms with Crippen molar-refractivity contribution < 1.29 is 18.0 Å². The van der Waals surface area contributed by atoms with E-state index >= 15 is 0 Å². The summed E-state index contributed by atoms with van der Waals surface area (Å²) in [5.41, 5.74) is 1.31. The van der Waals surface area contributed by atoms with Crippen LogP contribution < -0.4 is 4.90 Å². The molecule has 3 rings (SSSR count). The molecule has 1 heterocycles. The molecular weight excluding hydrogens is 412 g/mol. The first-order valence-electron chi connectivity index (χ1n) is 9.39. The van der Waals surface area contributed by atoms with Gasteiger partial charge in [0.1, 0.15) is 6.04 Å². The molecule has 29 heavy (non-hydrogen) atoms. The largest absolute Gasteiger partial charge is 0.274 e. The van der Waals surface area contributed by atoms with E-state index in [9.17, 15) is 18.0 Å². The number of amides is 2. The fourth-order valence-electron chi connectivity index (χ4n) is 3.40. The van der Waals surface area contributed by atoms with Crippen molar-refractivity contribution in [3.8, 4) is 0 Å². The highest BCUT2D eigenvalue weighted by Gasteiger charge is 2.48. The van der Waals surface area contributed by atoms with Gasteiger partial charge in [0.05, 0.1) is 17.0 Å². The molecule has 2 unspecified atom stereocenters. The number of aryl methyl sites for hydroxylation is 1. The summed E-state index contributed by atoms with van der Waals surface area (Å²) < 4.78 is 28.0. The Hall–Kier alpha value is -2.22. The van der Waals surface area contributed by atoms with E-state index in [-0.39, 0.29) is 11.3 Å². The van der Waals surface area contributed by atoms with E-state index in [0.717, 1.165) is 10.5 Å². The number of imide groups is 1. The maximum absolute atomic E-state index is 13.4. The van der Waals surface area contributed by atoms with Crippen molar-refractivity contribution in [1.29, 1.82) is 0 Å². The molecule has 0 radical (unpaired) electrons. The third-order valence-corrected chi connectivity index (χ3v) is 7.43. The van der Waals surface area contributed by atoms with Crippen molar-refractivity contribution in [2.45, 2.75) is 50.6 Å². The third kappa shape index (κ3) is 4.08. The predicted molar refractivity (Wildman–Crippen MR) is 112 cm³/mol. The summed E-state index contributed by atoms with van der Waals surface area (Å²) in [5.74, 6) is -0.983. The van der Waals surface area contributed by atoms with E-state index in [2.05, 4.69) is 0 Å². The van der Waals surface area contributed by atoms with E-state index in [1.165, 1.54) is 16.4 Å². The first kappa shape index (κ1) is 21.5. The summed E-state index contributed by atoms with van der Waals surface area (Å²) in [4.78, 5) is 27.0. The zero-order valence-corrected chi connectivity index (χ0v) is 18.1. The van der Waals surface area contributed by atoms with Crippen molar-refractivity contribution in [3.05, 3.63) is 59.1 Å². The minimum Gasteiger partial charge on any atom is -0.274 e. The van der Waals surface area contributed by atoms with Crippen molar-refractivity contribution in [2.24, 2.45) is 0 Å². The summed E-state index contributed by atoms with van der Waals surface area (Å²) in [6.07, 6.45) is 0.306. The zero-order valence-electron chi connectivity index (χ0n) is 16.5. The predicted octanol–water partition coefficient (Wildman–Crippen LogP) is 3.77. The highest BCUT2D eigenvalue weighted by molar-refractivity contribution is 7.89.